The van der Waals surface area contributed by atoms with E-state index in [-0.39, 0.29) is 0 Å². The van der Waals surface area contributed by atoms with E-state index in [1.165, 1.54) is 85.8 Å². The van der Waals surface area contributed by atoms with Gasteiger partial charge < -0.3 is 4.40 Å². The highest BCUT2D eigenvalue weighted by Crippen LogP contribution is 2.42. The van der Waals surface area contributed by atoms with Crippen molar-refractivity contribution in [2.24, 2.45) is 7.05 Å². The number of rotatable bonds is 1. The minimum atomic E-state index is 0.736. The van der Waals surface area contributed by atoms with E-state index in [1.807, 2.05) is 0 Å². The number of pyridine rings is 2. The largest absolute Gasteiger partial charge is 0.303 e. The lowest BCUT2D eigenvalue weighted by atomic mass is 9.96. The molecule has 0 saturated heterocycles. The molecule has 0 N–H and O–H groups in total. The van der Waals surface area contributed by atoms with Gasteiger partial charge in [-0.3, -0.25) is 0 Å². The van der Waals surface area contributed by atoms with E-state index in [1.54, 1.807) is 0 Å². The molecule has 3 heterocycles. The summed E-state index contributed by atoms with van der Waals surface area (Å²) in [4.78, 5) is 0. The molecule has 2 nitrogen and oxygen atoms in total. The van der Waals surface area contributed by atoms with E-state index >= 15 is 0 Å². The van der Waals surface area contributed by atoms with Gasteiger partial charge in [-0.05, 0) is 60.4 Å². The lowest BCUT2D eigenvalue weighted by Crippen LogP contribution is -2.28. The van der Waals surface area contributed by atoms with E-state index in [4.69, 9.17) is 0 Å². The summed E-state index contributed by atoms with van der Waals surface area (Å²) in [6.07, 6.45) is 7.68. The van der Waals surface area contributed by atoms with Crippen LogP contribution in [0.15, 0.2) is 60.8 Å². The summed E-state index contributed by atoms with van der Waals surface area (Å²) in [7, 11) is 2.19. The zero-order chi connectivity index (χ0) is 20.0. The van der Waals surface area contributed by atoms with Crippen LogP contribution in [0.3, 0.4) is 0 Å². The van der Waals surface area contributed by atoms with Crippen LogP contribution < -0.4 is 4.57 Å². The zero-order valence-electron chi connectivity index (χ0n) is 17.6. The summed E-state index contributed by atoms with van der Waals surface area (Å²) in [5.74, 6) is 0.736. The first-order valence-corrected chi connectivity index (χ1v) is 11.2. The number of hydrogen-bond donors (Lipinski definition) is 0. The summed E-state index contributed by atoms with van der Waals surface area (Å²) in [5.41, 5.74) is 8.22. The van der Waals surface area contributed by atoms with Gasteiger partial charge in [-0.1, -0.05) is 43.2 Å². The second kappa shape index (κ2) is 5.72. The van der Waals surface area contributed by atoms with Gasteiger partial charge in [0, 0.05) is 22.2 Å². The predicted octanol–water partition coefficient (Wildman–Crippen LogP) is 6.78. The minimum absolute atomic E-state index is 0.736. The Labute approximate surface area is 175 Å². The first-order chi connectivity index (χ1) is 14.7. The molecule has 0 spiro atoms. The Kier molecular flexibility index (Phi) is 3.18. The van der Waals surface area contributed by atoms with Crippen LogP contribution >= 0.6 is 0 Å². The van der Waals surface area contributed by atoms with Crippen molar-refractivity contribution in [3.8, 4) is 0 Å². The Bertz CT molecular complexity index is 1610. The van der Waals surface area contributed by atoms with Gasteiger partial charge in [0.15, 0.2) is 6.20 Å². The maximum Gasteiger partial charge on any atom is 0.238 e. The van der Waals surface area contributed by atoms with Crippen LogP contribution in [-0.2, 0) is 7.05 Å². The number of benzene rings is 3. The zero-order valence-corrected chi connectivity index (χ0v) is 17.6. The van der Waals surface area contributed by atoms with Crippen LogP contribution in [-0.4, -0.2) is 4.40 Å². The Morgan fingerprint density at radius 2 is 1.73 bits per heavy atom. The summed E-state index contributed by atoms with van der Waals surface area (Å²) >= 11 is 0. The van der Waals surface area contributed by atoms with Crippen molar-refractivity contribution < 1.29 is 4.57 Å². The van der Waals surface area contributed by atoms with Gasteiger partial charge in [-0.2, -0.15) is 4.57 Å². The average molecular weight is 390 g/mol. The van der Waals surface area contributed by atoms with Crippen molar-refractivity contribution in [2.75, 3.05) is 0 Å². The molecule has 0 atom stereocenters. The number of fused-ring (bicyclic) bond motifs is 5. The first kappa shape index (κ1) is 16.6. The molecule has 2 heteroatoms. The maximum absolute atomic E-state index is 2.52. The highest BCUT2D eigenvalue weighted by atomic mass is 15.0. The van der Waals surface area contributed by atoms with Crippen molar-refractivity contribution in [3.05, 3.63) is 71.9 Å². The summed E-state index contributed by atoms with van der Waals surface area (Å²) in [6, 6.07) is 20.9. The quantitative estimate of drug-likeness (QED) is 0.166. The van der Waals surface area contributed by atoms with Gasteiger partial charge in [0.1, 0.15) is 12.6 Å². The fourth-order valence-corrected chi connectivity index (χ4v) is 6.18. The van der Waals surface area contributed by atoms with Gasteiger partial charge in [-0.25, -0.2) is 0 Å². The van der Waals surface area contributed by atoms with E-state index in [0.717, 1.165) is 5.92 Å². The highest BCUT2D eigenvalue weighted by molar-refractivity contribution is 6.25. The van der Waals surface area contributed by atoms with Crippen molar-refractivity contribution in [1.29, 1.82) is 0 Å². The van der Waals surface area contributed by atoms with Crippen LogP contribution in [0, 0.1) is 6.92 Å². The van der Waals surface area contributed by atoms with E-state index in [9.17, 15) is 0 Å². The Balaban J connectivity index is 1.77. The Morgan fingerprint density at radius 3 is 2.60 bits per heavy atom. The second-order valence-corrected chi connectivity index (χ2v) is 9.26. The molecule has 1 saturated carbocycles. The van der Waals surface area contributed by atoms with Crippen molar-refractivity contribution >= 4 is 49.0 Å². The third kappa shape index (κ3) is 1.97. The lowest BCUT2D eigenvalue weighted by Gasteiger charge is -2.13. The molecule has 6 aromatic rings. The van der Waals surface area contributed by atoms with Crippen LogP contribution in [0.2, 0.25) is 0 Å². The molecule has 1 fully saturated rings. The monoisotopic (exact) mass is 389 g/mol. The highest BCUT2D eigenvalue weighted by Gasteiger charge is 2.25. The van der Waals surface area contributed by atoms with E-state index in [2.05, 4.69) is 83.7 Å². The molecule has 0 unspecified atom stereocenters. The smallest absolute Gasteiger partial charge is 0.238 e. The average Bonchev–Trinajstić information content (AvgIpc) is 3.41. The molecule has 30 heavy (non-hydrogen) atoms. The molecule has 0 bridgehead atoms. The summed E-state index contributed by atoms with van der Waals surface area (Å²) in [6.45, 7) is 2.25. The van der Waals surface area contributed by atoms with Gasteiger partial charge in [0.05, 0.1) is 16.4 Å². The van der Waals surface area contributed by atoms with Gasteiger partial charge >= 0.3 is 0 Å². The number of nitrogens with zero attached hydrogens (tertiary/aromatic N) is 2. The number of aryl methyl sites for hydroxylation is 2. The predicted molar refractivity (Wildman–Crippen MR) is 126 cm³/mol. The molecule has 146 valence electrons. The molecule has 0 radical (unpaired) electrons. The Hall–Kier alpha value is -3.13. The SMILES string of the molecule is Cc1ccc2cccc3c2c1c1c2c(cc[n+]1C)c1cc(C4CCCC4)ccc1n32. The number of hydrogen-bond acceptors (Lipinski definition) is 0. The van der Waals surface area contributed by atoms with Crippen molar-refractivity contribution in [3.63, 3.8) is 0 Å². The minimum Gasteiger partial charge on any atom is -0.303 e. The van der Waals surface area contributed by atoms with Crippen LogP contribution in [0.4, 0.5) is 0 Å². The van der Waals surface area contributed by atoms with Crippen molar-refractivity contribution in [1.82, 2.24) is 4.40 Å². The molecule has 3 aromatic carbocycles. The standard InChI is InChI=1S/C28H25N2/c1-17-10-11-19-8-5-9-24-26(19)25(17)28-27-21(14-15-29(28)2)22-16-20(18-6-3-4-7-18)12-13-23(22)30(24)27/h5,8-16,18H,3-4,6-7H2,1-2H3/q+1. The third-order valence-electron chi connectivity index (χ3n) is 7.61. The van der Waals surface area contributed by atoms with Gasteiger partial charge in [-0.15, -0.1) is 0 Å². The topological polar surface area (TPSA) is 8.29 Å². The van der Waals surface area contributed by atoms with Crippen LogP contribution in [0.5, 0.6) is 0 Å². The molecular weight excluding hydrogens is 364 g/mol. The van der Waals surface area contributed by atoms with E-state index < -0.39 is 0 Å². The molecule has 0 aliphatic heterocycles. The molecule has 1 aliphatic carbocycles. The third-order valence-corrected chi connectivity index (χ3v) is 7.61. The van der Waals surface area contributed by atoms with E-state index in [0.29, 0.717) is 0 Å². The molecule has 3 aromatic heterocycles. The second-order valence-electron chi connectivity index (χ2n) is 9.26. The number of aromatic nitrogens is 2. The maximum atomic E-state index is 2.52. The fourth-order valence-electron chi connectivity index (χ4n) is 6.18. The van der Waals surface area contributed by atoms with Crippen LogP contribution in [0.25, 0.3) is 49.0 Å². The normalized spacial score (nSPS) is 15.7. The molecule has 1 aliphatic rings. The van der Waals surface area contributed by atoms with Crippen LogP contribution in [0.1, 0.15) is 42.7 Å². The van der Waals surface area contributed by atoms with Gasteiger partial charge in [0.25, 0.3) is 0 Å². The lowest BCUT2D eigenvalue weighted by molar-refractivity contribution is -0.644. The molecular formula is C28H25N2+. The van der Waals surface area contributed by atoms with Gasteiger partial charge in [0.2, 0.25) is 5.52 Å². The molecule has 0 amide bonds. The Morgan fingerprint density at radius 1 is 0.867 bits per heavy atom. The fraction of sp³-hybridized carbons (Fsp3) is 0.250. The summed E-state index contributed by atoms with van der Waals surface area (Å²) < 4.78 is 4.83. The van der Waals surface area contributed by atoms with Crippen molar-refractivity contribution in [2.45, 2.75) is 38.5 Å². The summed E-state index contributed by atoms with van der Waals surface area (Å²) in [5, 5.41) is 6.87. The first-order valence-electron chi connectivity index (χ1n) is 11.2. The molecule has 7 rings (SSSR count).